The maximum atomic E-state index is 11.6. The Morgan fingerprint density at radius 3 is 1.91 bits per heavy atom. The van der Waals surface area contributed by atoms with Crippen molar-refractivity contribution in [3.05, 3.63) is 64.0 Å². The second kappa shape index (κ2) is 15.9. The van der Waals surface area contributed by atoms with Crippen LogP contribution in [0.5, 0.6) is 34.5 Å². The van der Waals surface area contributed by atoms with Crippen molar-refractivity contribution in [2.24, 2.45) is 5.92 Å². The van der Waals surface area contributed by atoms with Gasteiger partial charge in [-0.2, -0.15) is 5.26 Å². The van der Waals surface area contributed by atoms with Crippen LogP contribution in [0.15, 0.2) is 48.0 Å². The Morgan fingerprint density at radius 1 is 0.732 bits per heavy atom. The first-order chi connectivity index (χ1) is 27.6. The zero-order valence-electron chi connectivity index (χ0n) is 31.4. The van der Waals surface area contributed by atoms with Crippen molar-refractivity contribution in [3.63, 3.8) is 0 Å². The monoisotopic (exact) mass is 806 g/mol. The van der Waals surface area contributed by atoms with Gasteiger partial charge in [-0.3, -0.25) is 4.79 Å². The third-order valence-electron chi connectivity index (χ3n) is 10.7. The predicted molar refractivity (Wildman–Crippen MR) is 223 cm³/mol. The summed E-state index contributed by atoms with van der Waals surface area (Å²) in [6.07, 6.45) is 8.89. The molecule has 1 unspecified atom stereocenters. The van der Waals surface area contributed by atoms with Crippen LogP contribution < -0.4 is 33.3 Å². The molecule has 0 amide bonds. The van der Waals surface area contributed by atoms with E-state index in [1.165, 1.54) is 53.1 Å². The molecule has 7 heterocycles. The minimum atomic E-state index is 0.00493. The highest BCUT2D eigenvalue weighted by atomic mass is 32.1. The van der Waals surface area contributed by atoms with Gasteiger partial charge < -0.3 is 33.3 Å². The fourth-order valence-corrected chi connectivity index (χ4v) is 11.7. The molecule has 1 atom stereocenters. The smallest absolute Gasteiger partial charge is 0.181 e. The number of carbonyl (C=O) groups is 1. The number of ether oxygens (including phenoxy) is 6. The average molecular weight is 807 g/mol. The van der Waals surface area contributed by atoms with Crippen LogP contribution in [0.4, 0.5) is 11.4 Å². The van der Waals surface area contributed by atoms with Gasteiger partial charge in [0.1, 0.15) is 45.7 Å². The zero-order chi connectivity index (χ0) is 38.2. The van der Waals surface area contributed by atoms with Crippen molar-refractivity contribution in [2.45, 2.75) is 52.4 Å². The van der Waals surface area contributed by atoms with Gasteiger partial charge in [-0.05, 0) is 66.1 Å². The number of thiophene rings is 3. The standard InChI is InChI=1S/C44H42N2O7S3/c1-3-5-8-26(4-2)24-46-31-10-7-6-9-28(31)11-12-29-22-30(13-14-32(29)46)40-36-37(51-18-17-50-36)43(55-40)44-39-38(52-19-20-53-39)42(56-44)41-35-34(48-15-16-49-35)33(54-41)21-27(23-45)25-47/h6-7,9-10,13-14,21-22,25-26H,3-5,8,11-12,15-20,24H2,1-2H3/b27-21+. The van der Waals surface area contributed by atoms with E-state index in [2.05, 4.69) is 61.2 Å². The molecule has 4 aliphatic rings. The number of aldehydes is 1. The predicted octanol–water partition coefficient (Wildman–Crippen LogP) is 10.7. The van der Waals surface area contributed by atoms with E-state index in [0.29, 0.717) is 85.5 Å². The Kier molecular flexibility index (Phi) is 10.4. The van der Waals surface area contributed by atoms with E-state index >= 15 is 0 Å². The van der Waals surface area contributed by atoms with Crippen molar-refractivity contribution in [1.29, 1.82) is 5.26 Å². The van der Waals surface area contributed by atoms with E-state index in [9.17, 15) is 10.1 Å². The zero-order valence-corrected chi connectivity index (χ0v) is 33.9. The molecular weight excluding hydrogens is 765 g/mol. The van der Waals surface area contributed by atoms with Gasteiger partial charge in [0.05, 0.1) is 34.8 Å². The first kappa shape index (κ1) is 36.7. The summed E-state index contributed by atoms with van der Waals surface area (Å²) in [4.78, 5) is 19.3. The number of fused-ring (bicyclic) bond motifs is 5. The molecule has 2 aromatic carbocycles. The molecule has 5 aromatic rings. The molecule has 0 aliphatic carbocycles. The summed E-state index contributed by atoms with van der Waals surface area (Å²) in [5, 5.41) is 9.50. The number of hydrogen-bond donors (Lipinski definition) is 0. The summed E-state index contributed by atoms with van der Waals surface area (Å²) < 4.78 is 37.8. The number of nitrogens with zero attached hydrogens (tertiary/aromatic N) is 2. The fourth-order valence-electron chi connectivity index (χ4n) is 7.94. The van der Waals surface area contributed by atoms with Crippen LogP contribution in [0.3, 0.4) is 0 Å². The van der Waals surface area contributed by atoms with E-state index < -0.39 is 0 Å². The lowest BCUT2D eigenvalue weighted by molar-refractivity contribution is -0.104. The van der Waals surface area contributed by atoms with E-state index in [0.717, 1.165) is 61.5 Å². The normalized spacial score (nSPS) is 16.0. The van der Waals surface area contributed by atoms with Gasteiger partial charge >= 0.3 is 0 Å². The molecule has 3 aromatic heterocycles. The summed E-state index contributed by atoms with van der Waals surface area (Å²) in [6, 6.07) is 17.8. The summed E-state index contributed by atoms with van der Waals surface area (Å²) in [5.41, 5.74) is 6.44. The van der Waals surface area contributed by atoms with Gasteiger partial charge in [0, 0.05) is 17.9 Å². The van der Waals surface area contributed by atoms with E-state index in [-0.39, 0.29) is 5.57 Å². The summed E-state index contributed by atoms with van der Waals surface area (Å²) >= 11 is 4.60. The molecule has 0 spiro atoms. The average Bonchev–Trinajstić information content (AvgIpc) is 3.91. The number of carbonyl (C=O) groups excluding carboxylic acids is 1. The molecule has 9 nitrogen and oxygen atoms in total. The van der Waals surface area contributed by atoms with Crippen LogP contribution >= 0.6 is 34.0 Å². The maximum absolute atomic E-state index is 11.6. The van der Waals surface area contributed by atoms with Crippen LogP contribution in [0, 0.1) is 17.2 Å². The second-order valence-electron chi connectivity index (χ2n) is 14.2. The number of hydrogen-bond acceptors (Lipinski definition) is 12. The Hall–Kier alpha value is -4.96. The molecule has 288 valence electrons. The number of para-hydroxylation sites is 1. The van der Waals surface area contributed by atoms with E-state index in [1.54, 1.807) is 28.7 Å². The minimum Gasteiger partial charge on any atom is -0.485 e. The van der Waals surface area contributed by atoms with Crippen molar-refractivity contribution in [3.8, 4) is 70.5 Å². The minimum absolute atomic E-state index is 0.00493. The third kappa shape index (κ3) is 6.59. The Morgan fingerprint density at radius 2 is 1.29 bits per heavy atom. The number of anilines is 2. The summed E-state index contributed by atoms with van der Waals surface area (Å²) in [6.45, 7) is 8.08. The van der Waals surface area contributed by atoms with Crippen LogP contribution in [-0.4, -0.2) is 52.5 Å². The van der Waals surface area contributed by atoms with Gasteiger partial charge in [-0.1, -0.05) is 57.4 Å². The van der Waals surface area contributed by atoms with Gasteiger partial charge in [0.15, 0.2) is 40.8 Å². The number of benzene rings is 2. The summed E-state index contributed by atoms with van der Waals surface area (Å²) in [7, 11) is 0. The molecule has 0 bridgehead atoms. The molecule has 0 N–H and O–H groups in total. The van der Waals surface area contributed by atoms with Crippen molar-refractivity contribution in [1.82, 2.24) is 0 Å². The summed E-state index contributed by atoms with van der Waals surface area (Å²) in [5.74, 6) is 4.48. The number of unbranched alkanes of at least 4 members (excludes halogenated alkanes) is 1. The van der Waals surface area contributed by atoms with Gasteiger partial charge in [-0.25, -0.2) is 0 Å². The lowest BCUT2D eigenvalue weighted by Gasteiger charge is -2.31. The fraction of sp³-hybridized carbons (Fsp3) is 0.364. The highest BCUT2D eigenvalue weighted by Crippen LogP contribution is 2.64. The van der Waals surface area contributed by atoms with Crippen molar-refractivity contribution >= 4 is 57.7 Å². The van der Waals surface area contributed by atoms with E-state index in [4.69, 9.17) is 28.4 Å². The lowest BCUT2D eigenvalue weighted by atomic mass is 9.97. The Bertz CT molecular complexity index is 2370. The number of aryl methyl sites for hydroxylation is 2. The molecule has 0 fully saturated rings. The Balaban J connectivity index is 1.14. The molecule has 56 heavy (non-hydrogen) atoms. The van der Waals surface area contributed by atoms with Crippen LogP contribution in [0.25, 0.3) is 36.0 Å². The first-order valence-corrected chi connectivity index (χ1v) is 21.9. The van der Waals surface area contributed by atoms with Crippen molar-refractivity contribution in [2.75, 3.05) is 51.1 Å². The largest absolute Gasteiger partial charge is 0.485 e. The highest BCUT2D eigenvalue weighted by Gasteiger charge is 2.36. The quantitative estimate of drug-likeness (QED) is 0.0734. The first-order valence-electron chi connectivity index (χ1n) is 19.4. The van der Waals surface area contributed by atoms with Gasteiger partial charge in [0.25, 0.3) is 0 Å². The van der Waals surface area contributed by atoms with Crippen LogP contribution in [0.2, 0.25) is 0 Å². The topological polar surface area (TPSA) is 99.5 Å². The van der Waals surface area contributed by atoms with Gasteiger partial charge in [-0.15, -0.1) is 34.0 Å². The molecule has 0 radical (unpaired) electrons. The SMILES string of the molecule is CCCCC(CC)CN1c2ccccc2CCc2cc(-c3sc(-c4sc(-c5sc(/C=C(\C#N)C=O)c6c5OCCO6)c5c4OCCO5)c4c3OCCO4)ccc21. The number of allylic oxidation sites excluding steroid dienone is 1. The van der Waals surface area contributed by atoms with Crippen molar-refractivity contribution < 1.29 is 33.2 Å². The van der Waals surface area contributed by atoms with Crippen LogP contribution in [-0.2, 0) is 17.6 Å². The molecule has 0 saturated heterocycles. The molecular formula is C44H42N2O7S3. The molecule has 9 rings (SSSR count). The second-order valence-corrected chi connectivity index (χ2v) is 17.3. The highest BCUT2D eigenvalue weighted by molar-refractivity contribution is 7.28. The van der Waals surface area contributed by atoms with E-state index in [1.807, 2.05) is 6.07 Å². The third-order valence-corrected chi connectivity index (χ3v) is 14.5. The van der Waals surface area contributed by atoms with Crippen LogP contribution in [0.1, 0.15) is 55.5 Å². The molecule has 0 saturated carbocycles. The van der Waals surface area contributed by atoms with Gasteiger partial charge in [0.2, 0.25) is 0 Å². The molecule has 4 aliphatic heterocycles. The Labute approximate surface area is 338 Å². The number of rotatable bonds is 11. The lowest BCUT2D eigenvalue weighted by Crippen LogP contribution is -2.26. The molecule has 12 heteroatoms. The number of nitriles is 1. The maximum Gasteiger partial charge on any atom is 0.181 e.